The lowest BCUT2D eigenvalue weighted by Crippen LogP contribution is -2.50. The summed E-state index contributed by atoms with van der Waals surface area (Å²) in [6.07, 6.45) is 6.86. The maximum absolute atomic E-state index is 12.6. The van der Waals surface area contributed by atoms with Crippen molar-refractivity contribution in [3.8, 4) is 0 Å². The van der Waals surface area contributed by atoms with Crippen LogP contribution in [0.1, 0.15) is 38.7 Å². The molecule has 0 aliphatic carbocycles. The third-order valence-corrected chi connectivity index (χ3v) is 3.59. The highest BCUT2D eigenvalue weighted by Crippen LogP contribution is 2.14. The molecule has 0 aromatic carbocycles. The fraction of sp³-hybridized carbons (Fsp3) is 0.600. The molecule has 19 heavy (non-hydrogen) atoms. The van der Waals surface area contributed by atoms with Gasteiger partial charge < -0.3 is 10.2 Å². The van der Waals surface area contributed by atoms with E-state index in [1.165, 1.54) is 6.42 Å². The zero-order valence-electron chi connectivity index (χ0n) is 11.8. The van der Waals surface area contributed by atoms with Crippen molar-refractivity contribution >= 4 is 5.91 Å². The predicted octanol–water partition coefficient (Wildman–Crippen LogP) is 1.96. The second-order valence-electron chi connectivity index (χ2n) is 5.42. The summed E-state index contributed by atoms with van der Waals surface area (Å²) in [4.78, 5) is 18.6. The minimum absolute atomic E-state index is 0.00665. The fourth-order valence-electron chi connectivity index (χ4n) is 2.47. The number of nitrogens with zero attached hydrogens (tertiary/aromatic N) is 2. The third kappa shape index (κ3) is 3.77. The molecule has 0 saturated carbocycles. The number of carbonyl (C=O) groups is 1. The van der Waals surface area contributed by atoms with Crippen molar-refractivity contribution < 1.29 is 4.79 Å². The van der Waals surface area contributed by atoms with Crippen LogP contribution in [-0.2, 0) is 11.3 Å². The molecular weight excluding hydrogens is 238 g/mol. The maximum atomic E-state index is 12.6. The lowest BCUT2D eigenvalue weighted by atomic mass is 10.0. The largest absolute Gasteiger partial charge is 0.335 e. The average molecular weight is 261 g/mol. The first-order valence-corrected chi connectivity index (χ1v) is 7.11. The quantitative estimate of drug-likeness (QED) is 0.901. The molecule has 1 aliphatic heterocycles. The van der Waals surface area contributed by atoms with E-state index in [4.69, 9.17) is 0 Å². The van der Waals surface area contributed by atoms with E-state index in [1.807, 2.05) is 23.2 Å². The van der Waals surface area contributed by atoms with E-state index in [9.17, 15) is 4.79 Å². The van der Waals surface area contributed by atoms with Gasteiger partial charge in [0.2, 0.25) is 5.91 Å². The van der Waals surface area contributed by atoms with Crippen LogP contribution >= 0.6 is 0 Å². The molecule has 4 nitrogen and oxygen atoms in total. The molecule has 2 rings (SSSR count). The van der Waals surface area contributed by atoms with Gasteiger partial charge in [-0.15, -0.1) is 0 Å². The van der Waals surface area contributed by atoms with Crippen LogP contribution in [-0.4, -0.2) is 34.4 Å². The summed E-state index contributed by atoms with van der Waals surface area (Å²) in [6, 6.07) is 4.13. The zero-order valence-corrected chi connectivity index (χ0v) is 11.8. The summed E-state index contributed by atoms with van der Waals surface area (Å²) < 4.78 is 0. The van der Waals surface area contributed by atoms with Crippen LogP contribution in [0.3, 0.4) is 0 Å². The number of aromatic nitrogens is 1. The molecule has 0 unspecified atom stereocenters. The van der Waals surface area contributed by atoms with Crippen LogP contribution in [0.2, 0.25) is 0 Å². The van der Waals surface area contributed by atoms with E-state index < -0.39 is 0 Å². The van der Waals surface area contributed by atoms with Gasteiger partial charge in [0.05, 0.1) is 6.04 Å². The normalized spacial score (nSPS) is 19.4. The Kier molecular flexibility index (Phi) is 4.91. The molecule has 1 N–H and O–H groups in total. The van der Waals surface area contributed by atoms with Crippen LogP contribution < -0.4 is 5.32 Å². The molecule has 0 spiro atoms. The molecule has 1 aromatic heterocycles. The van der Waals surface area contributed by atoms with Gasteiger partial charge in [-0.3, -0.25) is 9.78 Å². The first kappa shape index (κ1) is 14.0. The van der Waals surface area contributed by atoms with E-state index in [2.05, 4.69) is 24.1 Å². The number of carbonyl (C=O) groups excluding carboxylic acids is 1. The van der Waals surface area contributed by atoms with E-state index in [0.717, 1.165) is 24.9 Å². The van der Waals surface area contributed by atoms with Crippen molar-refractivity contribution in [2.24, 2.45) is 0 Å². The summed E-state index contributed by atoms with van der Waals surface area (Å²) in [5.41, 5.74) is 1.08. The summed E-state index contributed by atoms with van der Waals surface area (Å²) in [6.45, 7) is 5.73. The van der Waals surface area contributed by atoms with Gasteiger partial charge in [0.1, 0.15) is 0 Å². The Morgan fingerprint density at radius 3 is 2.95 bits per heavy atom. The Labute approximate surface area is 115 Å². The first-order chi connectivity index (χ1) is 9.18. The molecule has 1 fully saturated rings. The Bertz CT molecular complexity index is 399. The minimum Gasteiger partial charge on any atom is -0.335 e. The molecule has 104 valence electrons. The smallest absolute Gasteiger partial charge is 0.240 e. The summed E-state index contributed by atoms with van der Waals surface area (Å²) in [5, 5.41) is 3.33. The fourth-order valence-corrected chi connectivity index (χ4v) is 2.47. The number of piperidine rings is 1. The molecule has 4 heteroatoms. The predicted molar refractivity (Wildman–Crippen MR) is 75.6 cm³/mol. The monoisotopic (exact) mass is 261 g/mol. The molecule has 2 heterocycles. The maximum Gasteiger partial charge on any atom is 0.240 e. The minimum atomic E-state index is -0.00665. The second kappa shape index (κ2) is 6.66. The number of pyridine rings is 1. The van der Waals surface area contributed by atoms with Gasteiger partial charge in [-0.25, -0.2) is 0 Å². The van der Waals surface area contributed by atoms with Gasteiger partial charge in [-0.2, -0.15) is 0 Å². The summed E-state index contributed by atoms with van der Waals surface area (Å²) in [7, 11) is 0. The second-order valence-corrected chi connectivity index (χ2v) is 5.42. The van der Waals surface area contributed by atoms with Crippen molar-refractivity contribution in [2.45, 2.75) is 51.7 Å². The zero-order chi connectivity index (χ0) is 13.7. The van der Waals surface area contributed by atoms with Gasteiger partial charge in [0.15, 0.2) is 0 Å². The SMILES string of the molecule is CC(C)N(Cc1cccnc1)C(=O)[C@H]1CCCCN1. The molecular formula is C15H23N3O. The van der Waals surface area contributed by atoms with E-state index >= 15 is 0 Å². The topological polar surface area (TPSA) is 45.2 Å². The molecule has 0 bridgehead atoms. The van der Waals surface area contributed by atoms with Crippen LogP contribution in [0.4, 0.5) is 0 Å². The lowest BCUT2D eigenvalue weighted by Gasteiger charge is -2.32. The van der Waals surface area contributed by atoms with Crippen LogP contribution in [0.25, 0.3) is 0 Å². The number of hydrogen-bond donors (Lipinski definition) is 1. The van der Waals surface area contributed by atoms with Crippen LogP contribution in [0.15, 0.2) is 24.5 Å². The molecule has 1 aromatic rings. The third-order valence-electron chi connectivity index (χ3n) is 3.59. The molecule has 1 atom stereocenters. The van der Waals surface area contributed by atoms with Gasteiger partial charge in [0.25, 0.3) is 0 Å². The number of amides is 1. The highest BCUT2D eigenvalue weighted by atomic mass is 16.2. The van der Waals surface area contributed by atoms with E-state index in [0.29, 0.717) is 6.54 Å². The standard InChI is InChI=1S/C15H23N3O/c1-12(2)18(11-13-6-5-8-16-10-13)15(19)14-7-3-4-9-17-14/h5-6,8,10,12,14,17H,3-4,7,9,11H2,1-2H3/t14-/m1/s1. The molecule has 1 saturated heterocycles. The lowest BCUT2D eigenvalue weighted by molar-refractivity contribution is -0.136. The molecule has 1 aliphatic rings. The highest BCUT2D eigenvalue weighted by Gasteiger charge is 2.27. The van der Waals surface area contributed by atoms with E-state index in [-0.39, 0.29) is 18.0 Å². The Morgan fingerprint density at radius 1 is 1.53 bits per heavy atom. The van der Waals surface area contributed by atoms with E-state index in [1.54, 1.807) is 6.20 Å². The van der Waals surface area contributed by atoms with Crippen molar-refractivity contribution in [1.82, 2.24) is 15.2 Å². The highest BCUT2D eigenvalue weighted by molar-refractivity contribution is 5.82. The van der Waals surface area contributed by atoms with Crippen molar-refractivity contribution in [3.05, 3.63) is 30.1 Å². The summed E-state index contributed by atoms with van der Waals surface area (Å²) >= 11 is 0. The van der Waals surface area contributed by atoms with Gasteiger partial charge in [-0.1, -0.05) is 12.5 Å². The van der Waals surface area contributed by atoms with Crippen LogP contribution in [0, 0.1) is 0 Å². The van der Waals surface area contributed by atoms with Crippen molar-refractivity contribution in [2.75, 3.05) is 6.54 Å². The number of hydrogen-bond acceptors (Lipinski definition) is 3. The van der Waals surface area contributed by atoms with Gasteiger partial charge >= 0.3 is 0 Å². The Hall–Kier alpha value is -1.42. The van der Waals surface area contributed by atoms with Crippen LogP contribution in [0.5, 0.6) is 0 Å². The average Bonchev–Trinajstić information content (AvgIpc) is 2.46. The van der Waals surface area contributed by atoms with Crippen molar-refractivity contribution in [1.29, 1.82) is 0 Å². The Balaban J connectivity index is 2.04. The summed E-state index contributed by atoms with van der Waals surface area (Å²) in [5.74, 6) is 0.221. The first-order valence-electron chi connectivity index (χ1n) is 7.11. The number of nitrogens with one attached hydrogen (secondary N) is 1. The molecule has 0 radical (unpaired) electrons. The Morgan fingerprint density at radius 2 is 2.37 bits per heavy atom. The van der Waals surface area contributed by atoms with Crippen molar-refractivity contribution in [3.63, 3.8) is 0 Å². The van der Waals surface area contributed by atoms with Gasteiger partial charge in [-0.05, 0) is 44.9 Å². The number of rotatable bonds is 4. The van der Waals surface area contributed by atoms with Gasteiger partial charge in [0, 0.05) is 25.0 Å². The molecule has 1 amide bonds.